The third kappa shape index (κ3) is 2.95. The second kappa shape index (κ2) is 4.26. The third-order valence-electron chi connectivity index (χ3n) is 2.26. The highest BCUT2D eigenvalue weighted by atomic mass is 79.9. The number of benzene rings is 1. The molecule has 0 bridgehead atoms. The lowest BCUT2D eigenvalue weighted by Gasteiger charge is -2.19. The highest BCUT2D eigenvalue weighted by Crippen LogP contribution is 2.25. The van der Waals surface area contributed by atoms with Crippen molar-refractivity contribution in [2.24, 2.45) is 5.41 Å². The Kier molecular flexibility index (Phi) is 3.48. The highest BCUT2D eigenvalue weighted by molar-refractivity contribution is 9.18. The van der Waals surface area contributed by atoms with Crippen LogP contribution in [0.3, 0.4) is 0 Å². The molecule has 0 saturated carbocycles. The van der Waals surface area contributed by atoms with Gasteiger partial charge in [0.2, 0.25) is 4.69 Å². The molecule has 1 aromatic carbocycles. The Hall–Kier alpha value is -0.630. The van der Waals surface area contributed by atoms with Crippen molar-refractivity contribution in [2.75, 3.05) is 0 Å². The van der Waals surface area contributed by atoms with Crippen molar-refractivity contribution in [2.45, 2.75) is 27.2 Å². The minimum absolute atomic E-state index is 0.0616. The number of halogens is 1. The highest BCUT2D eigenvalue weighted by Gasteiger charge is 2.25. The zero-order valence-electron chi connectivity index (χ0n) is 8.80. The predicted octanol–water partition coefficient (Wildman–Crippen LogP) is 3.49. The Morgan fingerprint density at radius 1 is 1.43 bits per heavy atom. The molecule has 0 N–H and O–H groups in total. The van der Waals surface area contributed by atoms with E-state index in [4.69, 9.17) is 0 Å². The van der Waals surface area contributed by atoms with Gasteiger partial charge >= 0.3 is 0 Å². The summed E-state index contributed by atoms with van der Waals surface area (Å²) in [5.41, 5.74) is 2.12. The van der Waals surface area contributed by atoms with Crippen LogP contribution in [-0.4, -0.2) is 4.69 Å². The van der Waals surface area contributed by atoms with Crippen LogP contribution in [-0.2, 0) is 11.2 Å². The average Bonchev–Trinajstić information content (AvgIpc) is 2.02. The van der Waals surface area contributed by atoms with Gasteiger partial charge in [-0.3, -0.25) is 4.79 Å². The molecular weight excluding hydrogens is 240 g/mol. The first-order chi connectivity index (χ1) is 6.42. The van der Waals surface area contributed by atoms with Crippen molar-refractivity contribution >= 4 is 20.6 Å². The van der Waals surface area contributed by atoms with Crippen LogP contribution in [0.1, 0.15) is 25.0 Å². The number of rotatable bonds is 3. The van der Waals surface area contributed by atoms with Gasteiger partial charge in [-0.15, -0.1) is 0 Å². The maximum atomic E-state index is 11.3. The smallest absolute Gasteiger partial charge is 0.203 e. The van der Waals surface area contributed by atoms with Crippen molar-refractivity contribution in [3.8, 4) is 0 Å². The third-order valence-corrected chi connectivity index (χ3v) is 3.33. The molecule has 14 heavy (non-hydrogen) atoms. The van der Waals surface area contributed by atoms with Crippen molar-refractivity contribution in [3.63, 3.8) is 0 Å². The van der Waals surface area contributed by atoms with Crippen LogP contribution < -0.4 is 0 Å². The average molecular weight is 255 g/mol. The summed E-state index contributed by atoms with van der Waals surface area (Å²) in [6.07, 6.45) is 0.777. The standard InChI is InChI=1S/C12H15BrO/c1-9-5-4-6-10(7-9)8-12(2,3)11(13)14/h4-7H,8H2,1-3H3. The van der Waals surface area contributed by atoms with Crippen LogP contribution >= 0.6 is 15.9 Å². The van der Waals surface area contributed by atoms with E-state index < -0.39 is 0 Å². The molecule has 0 amide bonds. The molecule has 0 aromatic heterocycles. The van der Waals surface area contributed by atoms with E-state index in [0.29, 0.717) is 0 Å². The SMILES string of the molecule is Cc1cccc(CC(C)(C)C(=O)Br)c1. The first-order valence-electron chi connectivity index (χ1n) is 4.67. The topological polar surface area (TPSA) is 17.1 Å². The van der Waals surface area contributed by atoms with Gasteiger partial charge in [-0.05, 0) is 34.8 Å². The summed E-state index contributed by atoms with van der Waals surface area (Å²) in [5, 5.41) is 0. The molecule has 0 aliphatic carbocycles. The van der Waals surface area contributed by atoms with Gasteiger partial charge in [-0.25, -0.2) is 0 Å². The summed E-state index contributed by atoms with van der Waals surface area (Å²) in [5.74, 6) is 0. The molecule has 0 saturated heterocycles. The molecular formula is C12H15BrO. The summed E-state index contributed by atoms with van der Waals surface area (Å²) in [6, 6.07) is 8.27. The summed E-state index contributed by atoms with van der Waals surface area (Å²) in [6.45, 7) is 5.96. The quantitative estimate of drug-likeness (QED) is 0.755. The van der Waals surface area contributed by atoms with Crippen LogP contribution in [0.5, 0.6) is 0 Å². The summed E-state index contributed by atoms with van der Waals surface area (Å²) < 4.78 is 0.0616. The van der Waals surface area contributed by atoms with Gasteiger partial charge in [0, 0.05) is 5.41 Å². The van der Waals surface area contributed by atoms with Crippen LogP contribution in [0.25, 0.3) is 0 Å². The van der Waals surface area contributed by atoms with E-state index in [1.807, 2.05) is 19.9 Å². The monoisotopic (exact) mass is 254 g/mol. The molecule has 1 aromatic rings. The molecule has 2 heteroatoms. The molecule has 0 aliphatic rings. The normalized spacial score (nSPS) is 11.4. The Bertz CT molecular complexity index is 342. The zero-order chi connectivity index (χ0) is 10.8. The van der Waals surface area contributed by atoms with E-state index in [-0.39, 0.29) is 10.1 Å². The predicted molar refractivity (Wildman–Crippen MR) is 62.6 cm³/mol. The van der Waals surface area contributed by atoms with Crippen molar-refractivity contribution < 1.29 is 4.79 Å². The molecule has 0 heterocycles. The molecule has 0 unspecified atom stereocenters. The van der Waals surface area contributed by atoms with E-state index in [2.05, 4.69) is 41.1 Å². The first kappa shape index (κ1) is 11.4. The Morgan fingerprint density at radius 2 is 2.07 bits per heavy atom. The Morgan fingerprint density at radius 3 is 2.57 bits per heavy atom. The first-order valence-corrected chi connectivity index (χ1v) is 5.46. The molecule has 0 aliphatic heterocycles. The molecule has 76 valence electrons. The molecule has 0 radical (unpaired) electrons. The van der Waals surface area contributed by atoms with E-state index >= 15 is 0 Å². The van der Waals surface area contributed by atoms with Crippen molar-refractivity contribution in [1.82, 2.24) is 0 Å². The van der Waals surface area contributed by atoms with Crippen LogP contribution in [0.4, 0.5) is 0 Å². The maximum absolute atomic E-state index is 11.3. The van der Waals surface area contributed by atoms with Crippen molar-refractivity contribution in [1.29, 1.82) is 0 Å². The largest absolute Gasteiger partial charge is 0.286 e. The van der Waals surface area contributed by atoms with E-state index in [0.717, 1.165) is 6.42 Å². The number of carbonyl (C=O) groups excluding carboxylic acids is 1. The van der Waals surface area contributed by atoms with E-state index in [9.17, 15) is 4.79 Å². The zero-order valence-corrected chi connectivity index (χ0v) is 10.4. The molecule has 1 rings (SSSR count). The van der Waals surface area contributed by atoms with Crippen molar-refractivity contribution in [3.05, 3.63) is 35.4 Å². The lowest BCUT2D eigenvalue weighted by Crippen LogP contribution is -2.22. The lowest BCUT2D eigenvalue weighted by molar-refractivity contribution is -0.117. The summed E-state index contributed by atoms with van der Waals surface area (Å²) >= 11 is 3.03. The van der Waals surface area contributed by atoms with Gasteiger partial charge in [-0.2, -0.15) is 0 Å². The van der Waals surface area contributed by atoms with Gasteiger partial charge in [0.1, 0.15) is 0 Å². The second-order valence-corrected chi connectivity index (χ2v) is 5.04. The molecule has 0 fully saturated rings. The summed E-state index contributed by atoms with van der Waals surface area (Å²) in [4.78, 5) is 11.3. The van der Waals surface area contributed by atoms with Gasteiger partial charge in [0.25, 0.3) is 0 Å². The van der Waals surface area contributed by atoms with E-state index in [1.54, 1.807) is 0 Å². The number of aryl methyl sites for hydroxylation is 1. The van der Waals surface area contributed by atoms with Gasteiger partial charge in [0.15, 0.2) is 0 Å². The minimum atomic E-state index is -0.326. The van der Waals surface area contributed by atoms with E-state index in [1.165, 1.54) is 11.1 Å². The molecule has 0 atom stereocenters. The van der Waals surface area contributed by atoms with Crippen LogP contribution in [0.15, 0.2) is 24.3 Å². The Balaban J connectivity index is 2.83. The van der Waals surface area contributed by atoms with Gasteiger partial charge in [-0.1, -0.05) is 43.7 Å². The molecule has 1 nitrogen and oxygen atoms in total. The molecule has 0 spiro atoms. The Labute approximate surface area is 93.7 Å². The number of hydrogen-bond donors (Lipinski definition) is 0. The van der Waals surface area contributed by atoms with Gasteiger partial charge < -0.3 is 0 Å². The fourth-order valence-electron chi connectivity index (χ4n) is 1.40. The second-order valence-electron chi connectivity index (χ2n) is 4.32. The maximum Gasteiger partial charge on any atom is 0.203 e. The number of carbonyl (C=O) groups is 1. The lowest BCUT2D eigenvalue weighted by atomic mass is 9.87. The van der Waals surface area contributed by atoms with Gasteiger partial charge in [0.05, 0.1) is 0 Å². The van der Waals surface area contributed by atoms with Crippen LogP contribution in [0, 0.1) is 12.3 Å². The fraction of sp³-hybridized carbons (Fsp3) is 0.417. The minimum Gasteiger partial charge on any atom is -0.286 e. The summed E-state index contributed by atoms with van der Waals surface area (Å²) in [7, 11) is 0. The number of hydrogen-bond acceptors (Lipinski definition) is 1. The fourth-order valence-corrected chi connectivity index (χ4v) is 1.54. The van der Waals surface area contributed by atoms with Crippen LogP contribution in [0.2, 0.25) is 0 Å².